The maximum Gasteiger partial charge on any atom is 0.308 e. The second kappa shape index (κ2) is 7.14. The van der Waals surface area contributed by atoms with Crippen LogP contribution >= 0.6 is 0 Å². The van der Waals surface area contributed by atoms with E-state index in [9.17, 15) is 18.4 Å². The Morgan fingerprint density at radius 3 is 2.73 bits per heavy atom. The van der Waals surface area contributed by atoms with E-state index in [1.165, 1.54) is 24.4 Å². The van der Waals surface area contributed by atoms with E-state index in [4.69, 9.17) is 9.72 Å². The van der Waals surface area contributed by atoms with Gasteiger partial charge in [0.25, 0.3) is 5.91 Å². The van der Waals surface area contributed by atoms with Gasteiger partial charge in [-0.05, 0) is 66.2 Å². The van der Waals surface area contributed by atoms with E-state index < -0.39 is 29.0 Å². The van der Waals surface area contributed by atoms with Gasteiger partial charge in [-0.25, -0.2) is 13.8 Å². The predicted molar refractivity (Wildman–Crippen MR) is 123 cm³/mol. The summed E-state index contributed by atoms with van der Waals surface area (Å²) in [6.07, 6.45) is 5.09. The lowest BCUT2D eigenvalue weighted by Crippen LogP contribution is -2.70. The van der Waals surface area contributed by atoms with Crippen molar-refractivity contribution in [3.05, 3.63) is 70.9 Å². The van der Waals surface area contributed by atoms with Crippen LogP contribution in [0.5, 0.6) is 0 Å². The number of rotatable bonds is 4. The van der Waals surface area contributed by atoms with Crippen LogP contribution in [0.4, 0.5) is 8.78 Å². The van der Waals surface area contributed by atoms with E-state index in [1.54, 1.807) is 6.20 Å². The average molecular weight is 501 g/mol. The van der Waals surface area contributed by atoms with E-state index in [1.807, 2.05) is 6.07 Å². The summed E-state index contributed by atoms with van der Waals surface area (Å²) in [4.78, 5) is 33.4. The third-order valence-electron chi connectivity index (χ3n) is 9.41. The molecule has 7 atom stereocenters. The van der Waals surface area contributed by atoms with Crippen molar-refractivity contribution in [3.63, 3.8) is 0 Å². The Balaban J connectivity index is 1.21. The molecule has 10 heteroatoms. The van der Waals surface area contributed by atoms with Crippen molar-refractivity contribution < 1.29 is 23.1 Å². The summed E-state index contributed by atoms with van der Waals surface area (Å²) < 4.78 is 34.1. The summed E-state index contributed by atoms with van der Waals surface area (Å²) in [5, 5.41) is 11.7. The molecule has 0 spiro atoms. The van der Waals surface area contributed by atoms with E-state index in [-0.39, 0.29) is 41.9 Å². The number of hydrogen-bond donors (Lipinski definition) is 1. The van der Waals surface area contributed by atoms with Gasteiger partial charge < -0.3 is 10.1 Å². The van der Waals surface area contributed by atoms with Crippen LogP contribution in [-0.2, 0) is 14.9 Å². The summed E-state index contributed by atoms with van der Waals surface area (Å²) in [6.45, 7) is 0.143. The molecule has 3 aromatic rings. The van der Waals surface area contributed by atoms with Gasteiger partial charge in [-0.2, -0.15) is 5.10 Å². The highest BCUT2D eigenvalue weighted by atomic mass is 19.1. The standard InChI is InChI=1S/C27H21F2N5O3/c28-16-2-1-3-17(29)23(16)18-6-13-12-5-14-22(12)15-7-27(24(14)15,25(13)34-33-18)20-9-30-8-19(32-20)26(36)31-11-4-21(35)37-10-11/h1-3,6,8-9,11-12,14-15,22,24H,4-5,7,10H2,(H,31,36)/t11-,12+,14?,15?,22?,24+,27+/m0/s1. The highest BCUT2D eigenvalue weighted by Gasteiger charge is 2.78. The molecule has 186 valence electrons. The molecule has 3 unspecified atom stereocenters. The number of carbonyl (C=O) groups excluding carboxylic acids is 2. The van der Waals surface area contributed by atoms with E-state index >= 15 is 0 Å². The van der Waals surface area contributed by atoms with Crippen molar-refractivity contribution in [3.8, 4) is 11.3 Å². The third-order valence-corrected chi connectivity index (χ3v) is 9.41. The molecule has 1 aromatic carbocycles. The third kappa shape index (κ3) is 2.65. The minimum absolute atomic E-state index is 0.130. The van der Waals surface area contributed by atoms with Crippen LogP contribution in [0.25, 0.3) is 11.3 Å². The van der Waals surface area contributed by atoms with Crippen LogP contribution in [0.15, 0.2) is 36.7 Å². The van der Waals surface area contributed by atoms with Crippen molar-refractivity contribution in [2.75, 3.05) is 6.61 Å². The Morgan fingerprint density at radius 1 is 1.14 bits per heavy atom. The molecular formula is C27H21F2N5O3. The van der Waals surface area contributed by atoms with Crippen LogP contribution in [-0.4, -0.2) is 44.7 Å². The number of cyclic esters (lactones) is 1. The summed E-state index contributed by atoms with van der Waals surface area (Å²) >= 11 is 0. The molecule has 37 heavy (non-hydrogen) atoms. The second-order valence-corrected chi connectivity index (χ2v) is 10.9. The quantitative estimate of drug-likeness (QED) is 0.548. The molecule has 9 rings (SSSR count). The van der Waals surface area contributed by atoms with E-state index in [0.29, 0.717) is 29.4 Å². The molecule has 6 bridgehead atoms. The molecule has 1 aliphatic heterocycles. The Kier molecular flexibility index (Phi) is 4.11. The number of halogens is 2. The zero-order valence-corrected chi connectivity index (χ0v) is 19.5. The number of hydrogen-bond acceptors (Lipinski definition) is 7. The van der Waals surface area contributed by atoms with Crippen molar-refractivity contribution in [2.24, 2.45) is 23.7 Å². The van der Waals surface area contributed by atoms with Crippen molar-refractivity contribution in [1.29, 1.82) is 0 Å². The summed E-state index contributed by atoms with van der Waals surface area (Å²) in [5.41, 5.74) is 2.11. The fourth-order valence-electron chi connectivity index (χ4n) is 7.91. The summed E-state index contributed by atoms with van der Waals surface area (Å²) in [5.74, 6) is 0.148. The van der Waals surface area contributed by atoms with Gasteiger partial charge in [-0.1, -0.05) is 6.07 Å². The minimum atomic E-state index is -0.670. The van der Waals surface area contributed by atoms with Gasteiger partial charge in [0.05, 0.1) is 46.7 Å². The topological polar surface area (TPSA) is 107 Å². The SMILES string of the molecule is O=C1C[C@H](NC(=O)c2cncc([C@@]34CC5C6C(C[C@@H]6c6cc(-c7c(F)cccc7F)nnc63)[C@H]54)n2)CO1. The Labute approximate surface area is 209 Å². The van der Waals surface area contributed by atoms with Crippen molar-refractivity contribution >= 4 is 11.9 Å². The number of amides is 1. The monoisotopic (exact) mass is 501 g/mol. The number of nitrogens with one attached hydrogen (secondary N) is 1. The van der Waals surface area contributed by atoms with Crippen LogP contribution < -0.4 is 5.32 Å². The first-order valence-electron chi connectivity index (χ1n) is 12.6. The van der Waals surface area contributed by atoms with Gasteiger partial charge in [0.15, 0.2) is 0 Å². The lowest BCUT2D eigenvalue weighted by molar-refractivity contribution is -0.213. The molecule has 1 amide bonds. The number of benzene rings is 1. The molecule has 5 aliphatic carbocycles. The van der Waals surface area contributed by atoms with Crippen LogP contribution in [0, 0.1) is 35.3 Å². The number of aromatic nitrogens is 4. The van der Waals surface area contributed by atoms with Gasteiger partial charge in [-0.3, -0.25) is 14.6 Å². The smallest absolute Gasteiger partial charge is 0.308 e. The molecular weight excluding hydrogens is 480 g/mol. The minimum Gasteiger partial charge on any atom is -0.463 e. The highest BCUT2D eigenvalue weighted by molar-refractivity contribution is 5.92. The van der Waals surface area contributed by atoms with Gasteiger partial charge in [0.2, 0.25) is 0 Å². The first-order chi connectivity index (χ1) is 18.0. The number of ether oxygens (including phenoxy) is 1. The number of carbonyl (C=O) groups is 2. The zero-order chi connectivity index (χ0) is 25.1. The maximum absolute atomic E-state index is 14.6. The average Bonchev–Trinajstić information content (AvgIpc) is 3.13. The van der Waals surface area contributed by atoms with Gasteiger partial charge >= 0.3 is 5.97 Å². The lowest BCUT2D eigenvalue weighted by atomic mass is 9.30. The molecule has 4 fully saturated rings. The molecule has 1 saturated heterocycles. The fourth-order valence-corrected chi connectivity index (χ4v) is 7.91. The predicted octanol–water partition coefficient (Wildman–Crippen LogP) is 2.93. The lowest BCUT2D eigenvalue weighted by Gasteiger charge is -2.73. The maximum atomic E-state index is 14.6. The van der Waals surface area contributed by atoms with E-state index in [2.05, 4.69) is 20.5 Å². The van der Waals surface area contributed by atoms with Crippen molar-refractivity contribution in [2.45, 2.75) is 36.6 Å². The molecule has 6 aliphatic rings. The van der Waals surface area contributed by atoms with E-state index in [0.717, 1.165) is 24.1 Å². The van der Waals surface area contributed by atoms with Crippen LogP contribution in [0.1, 0.15) is 52.6 Å². The Bertz CT molecular complexity index is 1510. The number of esters is 1. The Morgan fingerprint density at radius 2 is 1.97 bits per heavy atom. The largest absolute Gasteiger partial charge is 0.463 e. The highest BCUT2D eigenvalue weighted by Crippen LogP contribution is 2.81. The van der Waals surface area contributed by atoms with Gasteiger partial charge in [0, 0.05) is 6.20 Å². The molecule has 0 radical (unpaired) electrons. The van der Waals surface area contributed by atoms with Crippen LogP contribution in [0.3, 0.4) is 0 Å². The molecule has 2 aromatic heterocycles. The van der Waals surface area contributed by atoms with Crippen molar-refractivity contribution in [1.82, 2.24) is 25.5 Å². The van der Waals surface area contributed by atoms with Gasteiger partial charge in [0.1, 0.15) is 23.9 Å². The first-order valence-corrected chi connectivity index (χ1v) is 12.6. The number of nitrogens with zero attached hydrogens (tertiary/aromatic N) is 4. The zero-order valence-electron chi connectivity index (χ0n) is 19.5. The summed E-state index contributed by atoms with van der Waals surface area (Å²) in [7, 11) is 0. The molecule has 1 N–H and O–H groups in total. The normalized spacial score (nSPS) is 33.7. The molecule has 3 saturated carbocycles. The van der Waals surface area contributed by atoms with Gasteiger partial charge in [-0.15, -0.1) is 5.10 Å². The fraction of sp³-hybridized carbons (Fsp3) is 0.407. The Hall–Kier alpha value is -3.82. The second-order valence-electron chi connectivity index (χ2n) is 10.9. The molecule has 8 nitrogen and oxygen atoms in total. The first kappa shape index (κ1) is 21.3. The van der Waals surface area contributed by atoms with Crippen LogP contribution in [0.2, 0.25) is 0 Å². The summed E-state index contributed by atoms with van der Waals surface area (Å²) in [6, 6.07) is 5.20. The molecule has 3 heterocycles.